The number of nitrogens with zero attached hydrogens (tertiary/aromatic N) is 2. The van der Waals surface area contributed by atoms with Crippen LogP contribution in [0.2, 0.25) is 5.02 Å². The molecule has 28 heavy (non-hydrogen) atoms. The van der Waals surface area contributed by atoms with Crippen LogP contribution in [0.5, 0.6) is 0 Å². The van der Waals surface area contributed by atoms with E-state index in [1.807, 2.05) is 20.8 Å². The van der Waals surface area contributed by atoms with E-state index in [4.69, 9.17) is 16.3 Å². The summed E-state index contributed by atoms with van der Waals surface area (Å²) in [4.78, 5) is 29.8. The number of guanidine groups is 1. The van der Waals surface area contributed by atoms with Crippen molar-refractivity contribution >= 4 is 29.6 Å². The number of halogens is 1. The number of hydrogen-bond acceptors (Lipinski definition) is 4. The van der Waals surface area contributed by atoms with Crippen molar-refractivity contribution in [3.63, 3.8) is 0 Å². The third-order valence-corrected chi connectivity index (χ3v) is 4.25. The molecule has 0 radical (unpaired) electrons. The monoisotopic (exact) mass is 409 g/mol. The highest BCUT2D eigenvalue weighted by Gasteiger charge is 2.34. The highest BCUT2D eigenvalue weighted by atomic mass is 35.5. The van der Waals surface area contributed by atoms with Crippen molar-refractivity contribution in [1.29, 1.82) is 0 Å². The van der Waals surface area contributed by atoms with Gasteiger partial charge in [0.1, 0.15) is 5.60 Å². The lowest BCUT2D eigenvalue weighted by Gasteiger charge is -2.40. The van der Waals surface area contributed by atoms with Crippen LogP contribution in [0.3, 0.4) is 0 Å². The van der Waals surface area contributed by atoms with Crippen LogP contribution in [0.1, 0.15) is 31.1 Å². The maximum atomic E-state index is 12.1. The normalized spacial score (nSPS) is 14.9. The van der Waals surface area contributed by atoms with Crippen LogP contribution >= 0.6 is 11.6 Å². The standard InChI is InChI=1S/C19H28ClN5O3/c1-19(2,3)28-18(27)25-11-13(12-25)24-17(21-4)23-10-9-22-16(26)14-7-5-6-8-15(14)20/h5-8,13H,9-12H2,1-4H3,(H,22,26)(H2,21,23,24). The van der Waals surface area contributed by atoms with Crippen LogP contribution < -0.4 is 16.0 Å². The average Bonchev–Trinajstić information content (AvgIpc) is 2.57. The molecule has 2 rings (SSSR count). The summed E-state index contributed by atoms with van der Waals surface area (Å²) < 4.78 is 5.33. The summed E-state index contributed by atoms with van der Waals surface area (Å²) >= 11 is 6.01. The molecule has 0 aromatic heterocycles. The zero-order valence-electron chi connectivity index (χ0n) is 16.7. The number of hydrogen-bond donors (Lipinski definition) is 3. The minimum absolute atomic E-state index is 0.108. The van der Waals surface area contributed by atoms with Gasteiger partial charge in [-0.2, -0.15) is 0 Å². The molecule has 2 amide bonds. The number of nitrogens with one attached hydrogen (secondary N) is 3. The lowest BCUT2D eigenvalue weighted by atomic mass is 10.1. The van der Waals surface area contributed by atoms with Crippen LogP contribution in [0.15, 0.2) is 29.3 Å². The first-order chi connectivity index (χ1) is 13.2. The Morgan fingerprint density at radius 1 is 1.21 bits per heavy atom. The summed E-state index contributed by atoms with van der Waals surface area (Å²) in [5, 5.41) is 9.59. The molecular weight excluding hydrogens is 382 g/mol. The van der Waals surface area contributed by atoms with E-state index in [9.17, 15) is 9.59 Å². The Bertz CT molecular complexity index is 727. The van der Waals surface area contributed by atoms with E-state index in [-0.39, 0.29) is 18.0 Å². The smallest absolute Gasteiger partial charge is 0.410 e. The number of likely N-dealkylation sites (tertiary alicyclic amines) is 1. The van der Waals surface area contributed by atoms with Crippen LogP contribution in [0.4, 0.5) is 4.79 Å². The maximum Gasteiger partial charge on any atom is 0.410 e. The lowest BCUT2D eigenvalue weighted by Crippen LogP contribution is -2.63. The molecule has 1 aliphatic heterocycles. The molecule has 1 aromatic carbocycles. The molecule has 0 unspecified atom stereocenters. The fourth-order valence-electron chi connectivity index (χ4n) is 2.53. The summed E-state index contributed by atoms with van der Waals surface area (Å²) in [6, 6.07) is 7.01. The largest absolute Gasteiger partial charge is 0.444 e. The minimum Gasteiger partial charge on any atom is -0.444 e. The number of carbonyl (C=O) groups is 2. The molecule has 0 aliphatic carbocycles. The highest BCUT2D eigenvalue weighted by molar-refractivity contribution is 6.33. The van der Waals surface area contributed by atoms with Gasteiger partial charge in [0.05, 0.1) is 16.6 Å². The quantitative estimate of drug-likeness (QED) is 0.392. The SMILES string of the molecule is CN=C(NCCNC(=O)c1ccccc1Cl)NC1CN(C(=O)OC(C)(C)C)C1. The zero-order valence-corrected chi connectivity index (χ0v) is 17.5. The number of ether oxygens (including phenoxy) is 1. The molecule has 154 valence electrons. The van der Waals surface area contributed by atoms with Crippen molar-refractivity contribution in [3.8, 4) is 0 Å². The maximum absolute atomic E-state index is 12.1. The van der Waals surface area contributed by atoms with Gasteiger partial charge in [0.2, 0.25) is 0 Å². The summed E-state index contributed by atoms with van der Waals surface area (Å²) in [5.41, 5.74) is -0.0508. The topological polar surface area (TPSA) is 95.1 Å². The van der Waals surface area contributed by atoms with E-state index in [1.54, 1.807) is 36.2 Å². The van der Waals surface area contributed by atoms with Gasteiger partial charge in [0.25, 0.3) is 5.91 Å². The van der Waals surface area contributed by atoms with E-state index < -0.39 is 5.60 Å². The van der Waals surface area contributed by atoms with Gasteiger partial charge in [-0.25, -0.2) is 4.79 Å². The molecule has 3 N–H and O–H groups in total. The first-order valence-corrected chi connectivity index (χ1v) is 9.55. The Kier molecular flexibility index (Phi) is 7.51. The van der Waals surface area contributed by atoms with E-state index >= 15 is 0 Å². The molecule has 1 aliphatic rings. The second-order valence-corrected chi connectivity index (χ2v) is 7.87. The number of aliphatic imine (C=N–C) groups is 1. The third-order valence-electron chi connectivity index (χ3n) is 3.92. The molecule has 0 spiro atoms. The van der Waals surface area contributed by atoms with Gasteiger partial charge in [0.15, 0.2) is 5.96 Å². The number of amides is 2. The van der Waals surface area contributed by atoms with Crippen LogP contribution in [0, 0.1) is 0 Å². The molecule has 0 atom stereocenters. The molecule has 1 heterocycles. The Labute approximate surface area is 170 Å². The second kappa shape index (κ2) is 9.64. The van der Waals surface area contributed by atoms with E-state index in [0.717, 1.165) is 0 Å². The first-order valence-electron chi connectivity index (χ1n) is 9.17. The van der Waals surface area contributed by atoms with Crippen molar-refractivity contribution in [2.24, 2.45) is 4.99 Å². The Morgan fingerprint density at radius 2 is 1.86 bits per heavy atom. The minimum atomic E-state index is -0.498. The predicted octanol–water partition coefficient (Wildman–Crippen LogP) is 1.85. The Morgan fingerprint density at radius 3 is 2.46 bits per heavy atom. The highest BCUT2D eigenvalue weighted by Crippen LogP contribution is 2.15. The van der Waals surface area contributed by atoms with Crippen LogP contribution in [-0.4, -0.2) is 67.7 Å². The number of rotatable bonds is 5. The van der Waals surface area contributed by atoms with Crippen LogP contribution in [0.25, 0.3) is 0 Å². The molecular formula is C19H28ClN5O3. The molecule has 9 heteroatoms. The Hall–Kier alpha value is -2.48. The van der Waals surface area contributed by atoms with Crippen LogP contribution in [-0.2, 0) is 4.74 Å². The summed E-state index contributed by atoms with van der Waals surface area (Å²) in [5.74, 6) is 0.392. The molecule has 1 aromatic rings. The number of carbonyl (C=O) groups excluding carboxylic acids is 2. The van der Waals surface area contributed by atoms with Crippen molar-refractivity contribution in [2.75, 3.05) is 33.2 Å². The van der Waals surface area contributed by atoms with Gasteiger partial charge in [-0.05, 0) is 32.9 Å². The van der Waals surface area contributed by atoms with Crippen molar-refractivity contribution in [3.05, 3.63) is 34.9 Å². The predicted molar refractivity (Wildman–Crippen MR) is 110 cm³/mol. The van der Waals surface area contributed by atoms with Gasteiger partial charge in [-0.3, -0.25) is 9.79 Å². The summed E-state index contributed by atoms with van der Waals surface area (Å²) in [6.07, 6.45) is -0.309. The zero-order chi connectivity index (χ0) is 20.7. The van der Waals surface area contributed by atoms with Gasteiger partial charge in [-0.1, -0.05) is 23.7 Å². The van der Waals surface area contributed by atoms with Crippen molar-refractivity contribution in [2.45, 2.75) is 32.4 Å². The van der Waals surface area contributed by atoms with E-state index in [2.05, 4.69) is 20.9 Å². The van der Waals surface area contributed by atoms with E-state index in [1.165, 1.54) is 0 Å². The molecule has 1 saturated heterocycles. The summed E-state index contributed by atoms with van der Waals surface area (Å²) in [7, 11) is 1.67. The van der Waals surface area contributed by atoms with Gasteiger partial charge < -0.3 is 25.6 Å². The molecule has 0 bridgehead atoms. The van der Waals surface area contributed by atoms with Gasteiger partial charge >= 0.3 is 6.09 Å². The Balaban J connectivity index is 1.66. The van der Waals surface area contributed by atoms with E-state index in [0.29, 0.717) is 42.7 Å². The third kappa shape index (κ3) is 6.60. The summed E-state index contributed by atoms with van der Waals surface area (Å²) in [6.45, 7) is 7.56. The van der Waals surface area contributed by atoms with Crippen molar-refractivity contribution < 1.29 is 14.3 Å². The van der Waals surface area contributed by atoms with Gasteiger partial charge in [0, 0.05) is 33.2 Å². The molecule has 1 fully saturated rings. The van der Waals surface area contributed by atoms with Gasteiger partial charge in [-0.15, -0.1) is 0 Å². The number of benzene rings is 1. The molecule has 0 saturated carbocycles. The second-order valence-electron chi connectivity index (χ2n) is 7.46. The lowest BCUT2D eigenvalue weighted by molar-refractivity contribution is 0.00701. The fraction of sp³-hybridized carbons (Fsp3) is 0.526. The first kappa shape index (κ1) is 21.8. The average molecular weight is 410 g/mol. The fourth-order valence-corrected chi connectivity index (χ4v) is 2.75. The van der Waals surface area contributed by atoms with Crippen molar-refractivity contribution in [1.82, 2.24) is 20.9 Å². The molecule has 8 nitrogen and oxygen atoms in total.